The Morgan fingerprint density at radius 1 is 1.42 bits per heavy atom. The molecule has 2 aromatic rings. The van der Waals surface area contributed by atoms with Crippen LogP contribution in [0.25, 0.3) is 10.9 Å². The van der Waals surface area contributed by atoms with Gasteiger partial charge in [-0.2, -0.15) is 0 Å². The number of aromatic nitrogens is 1. The van der Waals surface area contributed by atoms with Gasteiger partial charge in [-0.05, 0) is 42.5 Å². The number of benzene rings is 1. The van der Waals surface area contributed by atoms with E-state index in [9.17, 15) is 5.11 Å². The second-order valence-electron chi connectivity index (χ2n) is 5.45. The van der Waals surface area contributed by atoms with Crippen molar-refractivity contribution in [2.24, 2.45) is 11.7 Å². The molecule has 0 saturated carbocycles. The number of aromatic amines is 1. The van der Waals surface area contributed by atoms with Gasteiger partial charge in [0.15, 0.2) is 0 Å². The van der Waals surface area contributed by atoms with Crippen LogP contribution in [-0.2, 0) is 6.42 Å². The van der Waals surface area contributed by atoms with Crippen molar-refractivity contribution in [2.45, 2.75) is 38.6 Å². The van der Waals surface area contributed by atoms with Gasteiger partial charge in [-0.3, -0.25) is 0 Å². The van der Waals surface area contributed by atoms with Crippen molar-refractivity contribution in [3.63, 3.8) is 0 Å². The van der Waals surface area contributed by atoms with Crippen LogP contribution < -0.4 is 5.73 Å². The monoisotopic (exact) mass is 280 g/mol. The molecular weight excluding hydrogens is 260 g/mol. The summed E-state index contributed by atoms with van der Waals surface area (Å²) < 4.78 is 0. The van der Waals surface area contributed by atoms with E-state index < -0.39 is 0 Å². The van der Waals surface area contributed by atoms with E-state index in [4.69, 9.17) is 5.73 Å². The van der Waals surface area contributed by atoms with Crippen LogP contribution >= 0.6 is 12.4 Å². The summed E-state index contributed by atoms with van der Waals surface area (Å²) >= 11 is 0. The van der Waals surface area contributed by atoms with Crippen LogP contribution in [0.2, 0.25) is 0 Å². The van der Waals surface area contributed by atoms with E-state index in [0.717, 1.165) is 23.7 Å². The van der Waals surface area contributed by atoms with Crippen molar-refractivity contribution in [1.29, 1.82) is 0 Å². The normalized spacial score (nSPS) is 22.0. The van der Waals surface area contributed by atoms with E-state index in [1.165, 1.54) is 24.1 Å². The fourth-order valence-electron chi connectivity index (χ4n) is 3.27. The molecule has 1 aromatic heterocycles. The topological polar surface area (TPSA) is 62.0 Å². The number of phenols is 1. The van der Waals surface area contributed by atoms with Gasteiger partial charge in [0.05, 0.1) is 0 Å². The summed E-state index contributed by atoms with van der Waals surface area (Å²) in [4.78, 5) is 3.42. The Labute approximate surface area is 119 Å². The zero-order chi connectivity index (χ0) is 12.7. The molecule has 0 amide bonds. The molecule has 1 aromatic carbocycles. The van der Waals surface area contributed by atoms with Crippen molar-refractivity contribution in [1.82, 2.24) is 4.98 Å². The van der Waals surface area contributed by atoms with Gasteiger partial charge in [0.1, 0.15) is 5.75 Å². The van der Waals surface area contributed by atoms with E-state index >= 15 is 0 Å². The zero-order valence-corrected chi connectivity index (χ0v) is 12.0. The van der Waals surface area contributed by atoms with Crippen LogP contribution in [0.5, 0.6) is 5.75 Å². The third-order valence-corrected chi connectivity index (χ3v) is 4.07. The molecule has 1 aliphatic carbocycles. The maximum Gasteiger partial charge on any atom is 0.116 e. The highest BCUT2D eigenvalue weighted by Gasteiger charge is 2.27. The predicted octanol–water partition coefficient (Wildman–Crippen LogP) is 3.66. The van der Waals surface area contributed by atoms with E-state index in [1.807, 2.05) is 12.1 Å². The number of aromatic hydroxyl groups is 1. The first-order valence-electron chi connectivity index (χ1n) is 6.78. The van der Waals surface area contributed by atoms with Gasteiger partial charge in [0, 0.05) is 22.6 Å². The van der Waals surface area contributed by atoms with Gasteiger partial charge in [0.25, 0.3) is 0 Å². The fourth-order valence-corrected chi connectivity index (χ4v) is 3.27. The number of nitrogens with one attached hydrogen (secondary N) is 1. The quantitative estimate of drug-likeness (QED) is 0.786. The molecule has 2 unspecified atom stereocenters. The fraction of sp³-hybridized carbons (Fsp3) is 0.467. The minimum atomic E-state index is 0. The van der Waals surface area contributed by atoms with Crippen LogP contribution in [0, 0.1) is 5.92 Å². The lowest BCUT2D eigenvalue weighted by Crippen LogP contribution is -2.23. The van der Waals surface area contributed by atoms with Gasteiger partial charge in [-0.1, -0.05) is 19.8 Å². The average molecular weight is 281 g/mol. The Balaban J connectivity index is 0.00000133. The van der Waals surface area contributed by atoms with E-state index in [1.54, 1.807) is 6.07 Å². The Bertz CT molecular complexity index is 579. The maximum atomic E-state index is 9.64. The predicted molar refractivity (Wildman–Crippen MR) is 80.9 cm³/mol. The van der Waals surface area contributed by atoms with Crippen molar-refractivity contribution in [3.8, 4) is 5.75 Å². The molecular formula is C15H21ClN2O. The molecule has 19 heavy (non-hydrogen) atoms. The number of H-pyrrole nitrogens is 1. The van der Waals surface area contributed by atoms with Gasteiger partial charge in [-0.15, -0.1) is 12.4 Å². The summed E-state index contributed by atoms with van der Waals surface area (Å²) in [6.07, 6.45) is 4.60. The Kier molecular flexibility index (Phi) is 4.07. The Morgan fingerprint density at radius 3 is 2.95 bits per heavy atom. The van der Waals surface area contributed by atoms with Gasteiger partial charge in [0.2, 0.25) is 0 Å². The van der Waals surface area contributed by atoms with E-state index in [2.05, 4.69) is 11.9 Å². The highest BCUT2D eigenvalue weighted by Crippen LogP contribution is 2.38. The number of hydrogen-bond acceptors (Lipinski definition) is 2. The average Bonchev–Trinajstić information content (AvgIpc) is 2.69. The van der Waals surface area contributed by atoms with Gasteiger partial charge in [-0.25, -0.2) is 0 Å². The standard InChI is InChI=1S/C15H20N2O.ClH/c1-2-3-9-6-12-11-8-10(18)4-5-14(11)17-15(12)13(16)7-9;/h4-5,8-9,13,17-18H,2-3,6-7,16H2,1H3;1H. The molecule has 104 valence electrons. The molecule has 1 heterocycles. The molecule has 0 radical (unpaired) electrons. The van der Waals surface area contributed by atoms with E-state index in [-0.39, 0.29) is 18.4 Å². The lowest BCUT2D eigenvalue weighted by atomic mass is 9.81. The van der Waals surface area contributed by atoms with Crippen molar-refractivity contribution < 1.29 is 5.11 Å². The summed E-state index contributed by atoms with van der Waals surface area (Å²) in [6, 6.07) is 5.62. The van der Waals surface area contributed by atoms with Crippen LogP contribution in [-0.4, -0.2) is 10.1 Å². The molecule has 0 bridgehead atoms. The first kappa shape index (κ1) is 14.2. The first-order valence-corrected chi connectivity index (χ1v) is 6.78. The van der Waals surface area contributed by atoms with Crippen molar-refractivity contribution >= 4 is 23.3 Å². The highest BCUT2D eigenvalue weighted by molar-refractivity contribution is 5.86. The molecule has 0 aliphatic heterocycles. The molecule has 4 N–H and O–H groups in total. The molecule has 0 fully saturated rings. The Hall–Kier alpha value is -1.19. The molecule has 0 spiro atoms. The number of rotatable bonds is 2. The smallest absolute Gasteiger partial charge is 0.116 e. The molecule has 3 rings (SSSR count). The zero-order valence-electron chi connectivity index (χ0n) is 11.1. The summed E-state index contributed by atoms with van der Waals surface area (Å²) in [7, 11) is 0. The molecule has 3 nitrogen and oxygen atoms in total. The first-order chi connectivity index (χ1) is 8.69. The molecule has 0 saturated heterocycles. The summed E-state index contributed by atoms with van der Waals surface area (Å²) in [5.74, 6) is 1.01. The second-order valence-corrected chi connectivity index (χ2v) is 5.45. The maximum absolute atomic E-state index is 9.64. The molecule has 2 atom stereocenters. The van der Waals surface area contributed by atoms with Crippen molar-refractivity contribution in [3.05, 3.63) is 29.5 Å². The number of phenolic OH excluding ortho intramolecular Hbond substituents is 1. The van der Waals surface area contributed by atoms with Crippen molar-refractivity contribution in [2.75, 3.05) is 0 Å². The largest absolute Gasteiger partial charge is 0.508 e. The van der Waals surface area contributed by atoms with Crippen LogP contribution in [0.4, 0.5) is 0 Å². The third kappa shape index (κ3) is 2.45. The lowest BCUT2D eigenvalue weighted by molar-refractivity contribution is 0.378. The number of halogens is 1. The van der Waals surface area contributed by atoms with Crippen LogP contribution in [0.1, 0.15) is 43.5 Å². The minimum absolute atomic E-state index is 0. The Morgan fingerprint density at radius 2 is 2.21 bits per heavy atom. The second kappa shape index (κ2) is 5.43. The lowest BCUT2D eigenvalue weighted by Gasteiger charge is -2.27. The number of nitrogens with two attached hydrogens (primary N) is 1. The third-order valence-electron chi connectivity index (χ3n) is 4.07. The van der Waals surface area contributed by atoms with Gasteiger partial charge < -0.3 is 15.8 Å². The molecule has 1 aliphatic rings. The summed E-state index contributed by atoms with van der Waals surface area (Å²) in [6.45, 7) is 2.22. The summed E-state index contributed by atoms with van der Waals surface area (Å²) in [5.41, 5.74) is 9.85. The molecule has 4 heteroatoms. The number of hydrogen-bond donors (Lipinski definition) is 3. The minimum Gasteiger partial charge on any atom is -0.508 e. The SMILES string of the molecule is CCCC1Cc2c([nH]c3ccc(O)cc23)C(N)C1.Cl. The summed E-state index contributed by atoms with van der Waals surface area (Å²) in [5, 5.41) is 10.8. The van der Waals surface area contributed by atoms with E-state index in [0.29, 0.717) is 11.7 Å². The highest BCUT2D eigenvalue weighted by atomic mass is 35.5. The van der Waals surface area contributed by atoms with Crippen LogP contribution in [0.15, 0.2) is 18.2 Å². The van der Waals surface area contributed by atoms with Crippen LogP contribution in [0.3, 0.4) is 0 Å². The van der Waals surface area contributed by atoms with Gasteiger partial charge >= 0.3 is 0 Å². The number of fused-ring (bicyclic) bond motifs is 3.